The van der Waals surface area contributed by atoms with Gasteiger partial charge in [-0.3, -0.25) is 4.79 Å². The molecule has 0 aliphatic heterocycles. The first-order valence-electron chi connectivity index (χ1n) is 6.96. The summed E-state index contributed by atoms with van der Waals surface area (Å²) in [6.07, 6.45) is 4.54. The molecule has 1 unspecified atom stereocenters. The monoisotopic (exact) mass is 328 g/mol. The predicted molar refractivity (Wildman–Crippen MR) is 91.1 cm³/mol. The van der Waals surface area contributed by atoms with Gasteiger partial charge >= 0.3 is 0 Å². The Labute approximate surface area is 136 Å². The van der Waals surface area contributed by atoms with E-state index < -0.39 is 5.54 Å². The molecule has 0 saturated heterocycles. The van der Waals surface area contributed by atoms with Crippen LogP contribution in [0.15, 0.2) is 30.0 Å². The molecule has 1 aromatic rings. The fraction of sp³-hybridized carbons (Fsp3) is 0.438. The number of hydrogen-bond acceptors (Lipinski definition) is 2. The minimum Gasteiger partial charge on any atom is -0.348 e. The number of anilines is 1. The SMILES string of the molecule is C/C=C(/N(C)c1cc(Cl)cc(Cl)c1)C(C)(CCC)NC=O. The lowest BCUT2D eigenvalue weighted by Gasteiger charge is -2.37. The summed E-state index contributed by atoms with van der Waals surface area (Å²) in [5, 5.41) is 4.10. The highest BCUT2D eigenvalue weighted by Gasteiger charge is 2.30. The van der Waals surface area contributed by atoms with E-state index in [4.69, 9.17) is 23.2 Å². The van der Waals surface area contributed by atoms with Crippen LogP contribution in [-0.4, -0.2) is 19.0 Å². The second-order valence-corrected chi connectivity index (χ2v) is 6.08. The van der Waals surface area contributed by atoms with Crippen LogP contribution in [0.1, 0.15) is 33.6 Å². The van der Waals surface area contributed by atoms with Crippen LogP contribution in [0.25, 0.3) is 0 Å². The molecule has 0 aliphatic rings. The summed E-state index contributed by atoms with van der Waals surface area (Å²) in [4.78, 5) is 13.0. The van der Waals surface area contributed by atoms with Gasteiger partial charge in [0.15, 0.2) is 0 Å². The zero-order chi connectivity index (χ0) is 16.0. The summed E-state index contributed by atoms with van der Waals surface area (Å²) in [6, 6.07) is 5.40. The lowest BCUT2D eigenvalue weighted by molar-refractivity contribution is -0.110. The maximum atomic E-state index is 11.0. The van der Waals surface area contributed by atoms with E-state index in [1.807, 2.05) is 44.0 Å². The Kier molecular flexibility index (Phi) is 6.56. The minimum absolute atomic E-state index is 0.436. The van der Waals surface area contributed by atoms with Gasteiger partial charge < -0.3 is 10.2 Å². The van der Waals surface area contributed by atoms with Crippen LogP contribution in [0.3, 0.4) is 0 Å². The van der Waals surface area contributed by atoms with E-state index >= 15 is 0 Å². The molecule has 0 heterocycles. The molecule has 5 heteroatoms. The lowest BCUT2D eigenvalue weighted by Crippen LogP contribution is -2.48. The predicted octanol–water partition coefficient (Wildman–Crippen LogP) is 4.64. The molecule has 1 rings (SSSR count). The number of benzene rings is 1. The number of likely N-dealkylation sites (N-methyl/N-ethyl adjacent to an activating group) is 1. The molecule has 0 bridgehead atoms. The molecule has 0 aromatic heterocycles. The smallest absolute Gasteiger partial charge is 0.207 e. The Morgan fingerprint density at radius 1 is 1.33 bits per heavy atom. The zero-order valence-corrected chi connectivity index (χ0v) is 14.4. The second-order valence-electron chi connectivity index (χ2n) is 5.20. The van der Waals surface area contributed by atoms with Gasteiger partial charge in [0, 0.05) is 28.5 Å². The second kappa shape index (κ2) is 7.71. The Balaban J connectivity index is 3.21. The average molecular weight is 329 g/mol. The highest BCUT2D eigenvalue weighted by molar-refractivity contribution is 6.35. The first kappa shape index (κ1) is 17.9. The quantitative estimate of drug-likeness (QED) is 0.739. The molecule has 0 saturated carbocycles. The summed E-state index contributed by atoms with van der Waals surface area (Å²) < 4.78 is 0. The van der Waals surface area contributed by atoms with Crippen LogP contribution >= 0.6 is 23.2 Å². The van der Waals surface area contributed by atoms with Crippen LogP contribution < -0.4 is 10.2 Å². The number of allylic oxidation sites excluding steroid dienone is 1. The normalized spacial score (nSPS) is 14.5. The third-order valence-electron chi connectivity index (χ3n) is 3.56. The van der Waals surface area contributed by atoms with Crippen LogP contribution in [-0.2, 0) is 4.79 Å². The maximum Gasteiger partial charge on any atom is 0.207 e. The topological polar surface area (TPSA) is 32.3 Å². The molecular weight excluding hydrogens is 307 g/mol. The molecule has 1 aromatic carbocycles. The van der Waals surface area contributed by atoms with Crippen molar-refractivity contribution in [2.45, 2.75) is 39.2 Å². The third kappa shape index (κ3) is 4.39. The largest absolute Gasteiger partial charge is 0.348 e. The van der Waals surface area contributed by atoms with Crippen molar-refractivity contribution in [1.82, 2.24) is 5.32 Å². The van der Waals surface area contributed by atoms with Crippen molar-refractivity contribution >= 4 is 35.3 Å². The summed E-state index contributed by atoms with van der Waals surface area (Å²) >= 11 is 12.2. The van der Waals surface area contributed by atoms with Crippen molar-refractivity contribution in [3.63, 3.8) is 0 Å². The Morgan fingerprint density at radius 2 is 1.90 bits per heavy atom. The van der Waals surface area contributed by atoms with Gasteiger partial charge in [0.25, 0.3) is 0 Å². The molecule has 1 N–H and O–H groups in total. The Bertz CT molecular complexity index is 511. The fourth-order valence-corrected chi connectivity index (χ4v) is 3.17. The molecule has 1 amide bonds. The van der Waals surface area contributed by atoms with Gasteiger partial charge in [-0.25, -0.2) is 0 Å². The molecule has 1 atom stereocenters. The van der Waals surface area contributed by atoms with Crippen LogP contribution in [0.4, 0.5) is 5.69 Å². The summed E-state index contributed by atoms with van der Waals surface area (Å²) in [5.41, 5.74) is 1.44. The summed E-state index contributed by atoms with van der Waals surface area (Å²) in [7, 11) is 1.94. The van der Waals surface area contributed by atoms with E-state index in [0.717, 1.165) is 30.6 Å². The standard InChI is InChI=1S/C16H22Cl2N2O/c1-5-7-16(3,19-11-21)15(6-2)20(4)14-9-12(17)8-13(18)10-14/h6,8-11H,5,7H2,1-4H3,(H,19,21)/b15-6+. The molecule has 0 spiro atoms. The van der Waals surface area contributed by atoms with E-state index in [2.05, 4.69) is 12.2 Å². The Hall–Kier alpha value is -1.19. The summed E-state index contributed by atoms with van der Waals surface area (Å²) in [6.45, 7) is 6.07. The van der Waals surface area contributed by atoms with E-state index in [1.54, 1.807) is 6.07 Å². The number of hydrogen-bond donors (Lipinski definition) is 1. The number of halogens is 2. The van der Waals surface area contributed by atoms with E-state index in [1.165, 1.54) is 0 Å². The molecule has 116 valence electrons. The molecule has 21 heavy (non-hydrogen) atoms. The van der Waals surface area contributed by atoms with Crippen molar-refractivity contribution in [2.24, 2.45) is 0 Å². The molecule has 3 nitrogen and oxygen atoms in total. The maximum absolute atomic E-state index is 11.0. The van der Waals surface area contributed by atoms with Crippen molar-refractivity contribution < 1.29 is 4.79 Å². The van der Waals surface area contributed by atoms with Crippen LogP contribution in [0, 0.1) is 0 Å². The van der Waals surface area contributed by atoms with Gasteiger partial charge in [0.05, 0.1) is 5.54 Å². The lowest BCUT2D eigenvalue weighted by atomic mass is 9.90. The molecule has 0 fully saturated rings. The van der Waals surface area contributed by atoms with Gasteiger partial charge in [-0.15, -0.1) is 0 Å². The molecule has 0 radical (unpaired) electrons. The minimum atomic E-state index is -0.436. The molecule has 0 aliphatic carbocycles. The number of carbonyl (C=O) groups is 1. The van der Waals surface area contributed by atoms with Gasteiger partial charge in [-0.05, 0) is 38.5 Å². The number of carbonyl (C=O) groups excluding carboxylic acids is 1. The fourth-order valence-electron chi connectivity index (χ4n) is 2.66. The highest BCUT2D eigenvalue weighted by Crippen LogP contribution is 2.32. The van der Waals surface area contributed by atoms with Crippen LogP contribution in [0.2, 0.25) is 10.0 Å². The zero-order valence-electron chi connectivity index (χ0n) is 12.9. The van der Waals surface area contributed by atoms with Crippen molar-refractivity contribution in [3.8, 4) is 0 Å². The highest BCUT2D eigenvalue weighted by atomic mass is 35.5. The van der Waals surface area contributed by atoms with Crippen molar-refractivity contribution in [1.29, 1.82) is 0 Å². The van der Waals surface area contributed by atoms with Crippen LogP contribution in [0.5, 0.6) is 0 Å². The van der Waals surface area contributed by atoms with Gasteiger partial charge in [0.1, 0.15) is 0 Å². The number of nitrogens with one attached hydrogen (secondary N) is 1. The van der Waals surface area contributed by atoms with E-state index in [-0.39, 0.29) is 0 Å². The van der Waals surface area contributed by atoms with Gasteiger partial charge in [-0.1, -0.05) is 42.6 Å². The summed E-state index contributed by atoms with van der Waals surface area (Å²) in [5.74, 6) is 0. The Morgan fingerprint density at radius 3 is 2.33 bits per heavy atom. The first-order chi connectivity index (χ1) is 9.87. The van der Waals surface area contributed by atoms with E-state index in [0.29, 0.717) is 10.0 Å². The first-order valence-corrected chi connectivity index (χ1v) is 7.71. The third-order valence-corrected chi connectivity index (χ3v) is 4.00. The van der Waals surface area contributed by atoms with E-state index in [9.17, 15) is 4.79 Å². The number of rotatable bonds is 7. The van der Waals surface area contributed by atoms with Gasteiger partial charge in [-0.2, -0.15) is 0 Å². The number of amides is 1. The van der Waals surface area contributed by atoms with Crippen molar-refractivity contribution in [3.05, 3.63) is 40.0 Å². The average Bonchev–Trinajstić information content (AvgIpc) is 2.38. The van der Waals surface area contributed by atoms with Gasteiger partial charge in [0.2, 0.25) is 6.41 Å². The number of nitrogens with zero attached hydrogens (tertiary/aromatic N) is 1. The van der Waals surface area contributed by atoms with Crippen molar-refractivity contribution in [2.75, 3.05) is 11.9 Å². The molecular formula is C16H22Cl2N2O.